The zero-order valence-corrected chi connectivity index (χ0v) is 22.6. The number of nitrogens with zero attached hydrogens (tertiary/aromatic N) is 5. The summed E-state index contributed by atoms with van der Waals surface area (Å²) in [6, 6.07) is 10.8. The van der Waals surface area contributed by atoms with Crippen molar-refractivity contribution in [2.45, 2.75) is 56.7 Å². The van der Waals surface area contributed by atoms with Gasteiger partial charge in [-0.25, -0.2) is 9.78 Å². The third-order valence-electron chi connectivity index (χ3n) is 8.33. The molecule has 0 radical (unpaired) electrons. The molecule has 1 saturated carbocycles. The molecule has 2 N–H and O–H groups in total. The summed E-state index contributed by atoms with van der Waals surface area (Å²) in [6.45, 7) is 4.43. The standard InChI is InChI=1S/C29H35N7O4/c37-29-32-24-18-30-28(34-26(24)36(29)21-9-13-38-14-10-21)31-20-5-7-22(8-6-20)40-27-23-4-2-1-3-19(23)17-25(33-27)35-11-15-39-16-12-35/h1-4,17-18,20-22H,5-16H2,(H,32,37)(H,30,31,34)/t20-,22+. The second-order valence-corrected chi connectivity index (χ2v) is 10.9. The lowest BCUT2D eigenvalue weighted by molar-refractivity contribution is 0.0697. The molecule has 4 aromatic rings. The number of benzene rings is 1. The summed E-state index contributed by atoms with van der Waals surface area (Å²) < 4.78 is 19.4. The van der Waals surface area contributed by atoms with Gasteiger partial charge in [0.2, 0.25) is 11.8 Å². The van der Waals surface area contributed by atoms with Crippen molar-refractivity contribution in [1.82, 2.24) is 24.5 Å². The van der Waals surface area contributed by atoms with Crippen molar-refractivity contribution in [2.75, 3.05) is 49.7 Å². The quantitative estimate of drug-likeness (QED) is 0.374. The summed E-state index contributed by atoms with van der Waals surface area (Å²) >= 11 is 0. The third kappa shape index (κ3) is 5.11. The molecular formula is C29H35N7O4. The normalized spacial score (nSPS) is 22.6. The lowest BCUT2D eigenvalue weighted by atomic mass is 9.93. The average Bonchev–Trinajstić information content (AvgIpc) is 3.34. The maximum absolute atomic E-state index is 12.7. The topological polar surface area (TPSA) is 119 Å². The molecule has 2 saturated heterocycles. The molecule has 11 heteroatoms. The summed E-state index contributed by atoms with van der Waals surface area (Å²) in [7, 11) is 0. The van der Waals surface area contributed by atoms with Crippen LogP contribution in [-0.2, 0) is 9.47 Å². The molecule has 3 aromatic heterocycles. The molecule has 0 amide bonds. The van der Waals surface area contributed by atoms with Gasteiger partial charge in [0.05, 0.1) is 19.4 Å². The molecule has 2 aliphatic heterocycles. The summed E-state index contributed by atoms with van der Waals surface area (Å²) in [6.07, 6.45) is 7.12. The van der Waals surface area contributed by atoms with Crippen molar-refractivity contribution >= 4 is 33.7 Å². The number of morpholine rings is 1. The van der Waals surface area contributed by atoms with Crippen molar-refractivity contribution in [3.63, 3.8) is 0 Å². The molecule has 0 bridgehead atoms. The van der Waals surface area contributed by atoms with Gasteiger partial charge in [0.1, 0.15) is 17.4 Å². The van der Waals surface area contributed by atoms with E-state index in [-0.39, 0.29) is 23.9 Å². The number of hydrogen-bond donors (Lipinski definition) is 2. The Balaban J connectivity index is 1.03. The molecule has 0 unspecified atom stereocenters. The highest BCUT2D eigenvalue weighted by molar-refractivity contribution is 5.89. The first-order valence-corrected chi connectivity index (χ1v) is 14.4. The summed E-state index contributed by atoms with van der Waals surface area (Å²) in [4.78, 5) is 32.0. The fourth-order valence-corrected chi connectivity index (χ4v) is 6.13. The minimum Gasteiger partial charge on any atom is -0.474 e. The molecular weight excluding hydrogens is 510 g/mol. The van der Waals surface area contributed by atoms with Gasteiger partial charge in [0, 0.05) is 43.8 Å². The third-order valence-corrected chi connectivity index (χ3v) is 8.33. The second kappa shape index (κ2) is 11.1. The Morgan fingerprint density at radius 3 is 2.55 bits per heavy atom. The van der Waals surface area contributed by atoms with Crippen LogP contribution in [0.4, 0.5) is 11.8 Å². The Morgan fingerprint density at radius 1 is 0.950 bits per heavy atom. The fourth-order valence-electron chi connectivity index (χ4n) is 6.13. The lowest BCUT2D eigenvalue weighted by Gasteiger charge is -2.31. The monoisotopic (exact) mass is 545 g/mol. The highest BCUT2D eigenvalue weighted by Crippen LogP contribution is 2.32. The molecule has 7 rings (SSSR count). The Morgan fingerprint density at radius 2 is 1.73 bits per heavy atom. The number of hydrogen-bond acceptors (Lipinski definition) is 9. The molecule has 0 spiro atoms. The van der Waals surface area contributed by atoms with Gasteiger partial charge in [0.15, 0.2) is 5.65 Å². The van der Waals surface area contributed by atoms with E-state index in [4.69, 9.17) is 24.2 Å². The van der Waals surface area contributed by atoms with Crippen LogP contribution < -0.4 is 20.6 Å². The predicted molar refractivity (Wildman–Crippen MR) is 152 cm³/mol. The first-order valence-electron chi connectivity index (χ1n) is 14.4. The van der Waals surface area contributed by atoms with Gasteiger partial charge in [-0.05, 0) is 56.0 Å². The zero-order chi connectivity index (χ0) is 26.9. The van der Waals surface area contributed by atoms with Crippen LogP contribution in [0.1, 0.15) is 44.6 Å². The van der Waals surface area contributed by atoms with Gasteiger partial charge in [0.25, 0.3) is 0 Å². The Labute approximate surface area is 231 Å². The largest absolute Gasteiger partial charge is 0.474 e. The molecule has 1 aliphatic carbocycles. The summed E-state index contributed by atoms with van der Waals surface area (Å²) in [5.41, 5.74) is 1.19. The average molecular weight is 546 g/mol. The van der Waals surface area contributed by atoms with Crippen LogP contribution in [0.2, 0.25) is 0 Å². The van der Waals surface area contributed by atoms with Crippen LogP contribution in [0, 0.1) is 0 Å². The number of nitrogens with one attached hydrogen (secondary N) is 2. The van der Waals surface area contributed by atoms with Crippen molar-refractivity contribution in [3.05, 3.63) is 47.0 Å². The number of fused-ring (bicyclic) bond motifs is 2. The number of aromatic nitrogens is 5. The van der Waals surface area contributed by atoms with E-state index >= 15 is 0 Å². The maximum atomic E-state index is 12.7. The van der Waals surface area contributed by atoms with Gasteiger partial charge in [-0.3, -0.25) is 4.57 Å². The molecule has 40 heavy (non-hydrogen) atoms. The first-order chi connectivity index (χ1) is 19.7. The number of anilines is 2. The van der Waals surface area contributed by atoms with E-state index in [1.165, 1.54) is 0 Å². The second-order valence-electron chi connectivity index (χ2n) is 10.9. The molecule has 5 heterocycles. The van der Waals surface area contributed by atoms with Crippen molar-refractivity contribution in [3.8, 4) is 5.88 Å². The van der Waals surface area contributed by atoms with Gasteiger partial charge >= 0.3 is 5.69 Å². The minimum atomic E-state index is -0.134. The summed E-state index contributed by atoms with van der Waals surface area (Å²) in [5, 5.41) is 5.70. The van der Waals surface area contributed by atoms with Crippen molar-refractivity contribution < 1.29 is 14.2 Å². The fraction of sp³-hybridized carbons (Fsp3) is 0.517. The van der Waals surface area contributed by atoms with Crippen molar-refractivity contribution in [1.29, 1.82) is 0 Å². The molecule has 3 fully saturated rings. The van der Waals surface area contributed by atoms with Gasteiger partial charge < -0.3 is 29.4 Å². The van der Waals surface area contributed by atoms with E-state index in [1.807, 2.05) is 6.07 Å². The number of ether oxygens (including phenoxy) is 3. The smallest absolute Gasteiger partial charge is 0.327 e. The van der Waals surface area contributed by atoms with E-state index in [0.29, 0.717) is 36.2 Å². The van der Waals surface area contributed by atoms with Crippen molar-refractivity contribution in [2.24, 2.45) is 0 Å². The number of H-pyrrole nitrogens is 1. The van der Waals surface area contributed by atoms with Gasteiger partial charge in [-0.15, -0.1) is 0 Å². The zero-order valence-electron chi connectivity index (χ0n) is 22.6. The van der Waals surface area contributed by atoms with Gasteiger partial charge in [-0.1, -0.05) is 18.2 Å². The highest BCUT2D eigenvalue weighted by atomic mass is 16.5. The van der Waals surface area contributed by atoms with E-state index in [0.717, 1.165) is 81.4 Å². The first kappa shape index (κ1) is 25.3. The SMILES string of the molecule is O=c1[nH]c2cnc(N[C@H]3CC[C@@H](Oc4nc(N5CCOCC5)cc5ccccc45)CC3)nc2n1C1CCOCC1. The number of pyridine rings is 1. The van der Waals surface area contributed by atoms with E-state index in [1.54, 1.807) is 10.8 Å². The van der Waals surface area contributed by atoms with Crippen LogP contribution in [0.15, 0.2) is 41.3 Å². The van der Waals surface area contributed by atoms with Gasteiger partial charge in [-0.2, -0.15) is 9.97 Å². The number of aromatic amines is 1. The highest BCUT2D eigenvalue weighted by Gasteiger charge is 2.26. The lowest BCUT2D eigenvalue weighted by Crippen LogP contribution is -2.37. The van der Waals surface area contributed by atoms with Crippen LogP contribution in [0.5, 0.6) is 5.88 Å². The molecule has 11 nitrogen and oxygen atoms in total. The Kier molecular flexibility index (Phi) is 6.98. The molecule has 210 valence electrons. The molecule has 1 aromatic carbocycles. The number of rotatable bonds is 6. The summed E-state index contributed by atoms with van der Waals surface area (Å²) in [5.74, 6) is 2.22. The molecule has 0 atom stereocenters. The van der Waals surface area contributed by atoms with E-state index < -0.39 is 0 Å². The van der Waals surface area contributed by atoms with Crippen LogP contribution in [-0.4, -0.2) is 76.2 Å². The number of imidazole rings is 1. The molecule has 3 aliphatic rings. The maximum Gasteiger partial charge on any atom is 0.327 e. The van der Waals surface area contributed by atoms with Crippen LogP contribution >= 0.6 is 0 Å². The van der Waals surface area contributed by atoms with Crippen LogP contribution in [0.3, 0.4) is 0 Å². The van der Waals surface area contributed by atoms with Crippen LogP contribution in [0.25, 0.3) is 21.9 Å². The predicted octanol–water partition coefficient (Wildman–Crippen LogP) is 3.66. The minimum absolute atomic E-state index is 0.0942. The van der Waals surface area contributed by atoms with E-state index in [2.05, 4.69) is 44.5 Å². The Hall–Kier alpha value is -3.70. The van der Waals surface area contributed by atoms with E-state index in [9.17, 15) is 4.79 Å². The Bertz CT molecular complexity index is 1530.